The Balaban J connectivity index is 1.06. The van der Waals surface area contributed by atoms with E-state index in [2.05, 4.69) is 14.7 Å². The van der Waals surface area contributed by atoms with Crippen molar-refractivity contribution in [3.63, 3.8) is 0 Å². The minimum atomic E-state index is -4.33. The van der Waals surface area contributed by atoms with Crippen LogP contribution in [-0.2, 0) is 15.7 Å². The predicted molar refractivity (Wildman–Crippen MR) is 158 cm³/mol. The van der Waals surface area contributed by atoms with Gasteiger partial charge < -0.3 is 9.64 Å². The normalized spacial score (nSPS) is 18.3. The molecule has 3 aromatic carbocycles. The first kappa shape index (κ1) is 30.1. The van der Waals surface area contributed by atoms with E-state index in [9.17, 15) is 18.0 Å². The van der Waals surface area contributed by atoms with E-state index in [-0.39, 0.29) is 12.0 Å². The molecule has 1 unspecified atom stereocenters. The van der Waals surface area contributed by atoms with Crippen molar-refractivity contribution in [3.05, 3.63) is 102 Å². The summed E-state index contributed by atoms with van der Waals surface area (Å²) >= 11 is 0. The van der Waals surface area contributed by atoms with Crippen molar-refractivity contribution in [1.82, 2.24) is 14.7 Å². The van der Waals surface area contributed by atoms with E-state index in [0.29, 0.717) is 18.8 Å². The van der Waals surface area contributed by atoms with Gasteiger partial charge in [-0.25, -0.2) is 0 Å². The zero-order chi connectivity index (χ0) is 29.5. The Morgan fingerprint density at radius 2 is 1.26 bits per heavy atom. The summed E-state index contributed by atoms with van der Waals surface area (Å²) in [6.45, 7) is 10.2. The molecule has 0 bridgehead atoms. The molecule has 224 valence electrons. The molecule has 0 aliphatic carbocycles. The molecular formula is C33H39F3N4O2. The van der Waals surface area contributed by atoms with Gasteiger partial charge in [-0.05, 0) is 36.2 Å². The van der Waals surface area contributed by atoms with Gasteiger partial charge in [0.25, 0.3) is 0 Å². The topological polar surface area (TPSA) is 39.3 Å². The largest absolute Gasteiger partial charge is 0.451 e. The molecular weight excluding hydrogens is 541 g/mol. The lowest BCUT2D eigenvalue weighted by atomic mass is 10.0. The standard InChI is InChI=1S/C33H39F3N4O2/c1-26(32(41)42-31(27-9-4-2-5-10-27)28-11-6-3-7-12-28)39-21-17-37(18-22-39)15-16-38-19-23-40(24-20-38)30-14-8-13-29(25-30)33(34,35)36/h2-14,25-26,31H,15-24H2,1H3. The van der Waals surface area contributed by atoms with E-state index in [1.807, 2.05) is 72.5 Å². The maximum absolute atomic E-state index is 13.3. The molecule has 0 N–H and O–H groups in total. The highest BCUT2D eigenvalue weighted by molar-refractivity contribution is 5.76. The Kier molecular flexibility index (Phi) is 9.82. The van der Waals surface area contributed by atoms with E-state index in [0.717, 1.165) is 69.6 Å². The van der Waals surface area contributed by atoms with Crippen LogP contribution in [0, 0.1) is 0 Å². The van der Waals surface area contributed by atoms with Crippen molar-refractivity contribution in [2.75, 3.05) is 70.3 Å². The molecule has 9 heteroatoms. The number of anilines is 1. The summed E-state index contributed by atoms with van der Waals surface area (Å²) in [5.74, 6) is -0.222. The average molecular weight is 581 g/mol. The number of alkyl halides is 3. The molecule has 2 aliphatic rings. The summed E-state index contributed by atoms with van der Waals surface area (Å²) in [5.41, 5.74) is 1.93. The maximum Gasteiger partial charge on any atom is 0.416 e. The third-order valence-electron chi connectivity index (χ3n) is 8.38. The second-order valence-corrected chi connectivity index (χ2v) is 11.1. The van der Waals surface area contributed by atoms with Crippen LogP contribution in [0.25, 0.3) is 0 Å². The SMILES string of the molecule is CC(C(=O)OC(c1ccccc1)c1ccccc1)N1CCN(CCN2CCN(c3cccc(C(F)(F)F)c3)CC2)CC1. The highest BCUT2D eigenvalue weighted by Gasteiger charge is 2.32. The summed E-state index contributed by atoms with van der Waals surface area (Å²) in [7, 11) is 0. The Hall–Kier alpha value is -3.40. The molecule has 2 saturated heterocycles. The summed E-state index contributed by atoms with van der Waals surface area (Å²) in [4.78, 5) is 22.3. The van der Waals surface area contributed by atoms with Crippen LogP contribution in [0.3, 0.4) is 0 Å². The van der Waals surface area contributed by atoms with Gasteiger partial charge in [0.2, 0.25) is 0 Å². The maximum atomic E-state index is 13.3. The van der Waals surface area contributed by atoms with Gasteiger partial charge in [-0.1, -0.05) is 66.7 Å². The number of piperazine rings is 2. The molecule has 0 saturated carbocycles. The number of rotatable bonds is 9. The molecule has 1 atom stereocenters. The van der Waals surface area contributed by atoms with Crippen molar-refractivity contribution in [1.29, 1.82) is 0 Å². The summed E-state index contributed by atoms with van der Waals surface area (Å²) in [5, 5.41) is 0. The fourth-order valence-corrected chi connectivity index (χ4v) is 5.71. The lowest BCUT2D eigenvalue weighted by Crippen LogP contribution is -2.54. The van der Waals surface area contributed by atoms with Crippen LogP contribution in [0.15, 0.2) is 84.9 Å². The zero-order valence-corrected chi connectivity index (χ0v) is 24.0. The first-order chi connectivity index (χ1) is 20.3. The smallest absolute Gasteiger partial charge is 0.416 e. The third-order valence-corrected chi connectivity index (χ3v) is 8.38. The van der Waals surface area contributed by atoms with Gasteiger partial charge in [-0.3, -0.25) is 19.5 Å². The quantitative estimate of drug-likeness (QED) is 0.326. The highest BCUT2D eigenvalue weighted by atomic mass is 19.4. The van der Waals surface area contributed by atoms with Crippen molar-refractivity contribution < 1.29 is 22.7 Å². The number of hydrogen-bond donors (Lipinski definition) is 0. The molecule has 2 fully saturated rings. The first-order valence-corrected chi connectivity index (χ1v) is 14.7. The van der Waals surface area contributed by atoms with Crippen LogP contribution in [0.5, 0.6) is 0 Å². The number of carbonyl (C=O) groups excluding carboxylic acids is 1. The Labute approximate surface area is 246 Å². The number of ether oxygens (including phenoxy) is 1. The van der Waals surface area contributed by atoms with Gasteiger partial charge in [0.05, 0.1) is 5.56 Å². The molecule has 0 spiro atoms. The van der Waals surface area contributed by atoms with Gasteiger partial charge in [0, 0.05) is 71.1 Å². The van der Waals surface area contributed by atoms with E-state index in [1.165, 1.54) is 12.1 Å². The lowest BCUT2D eigenvalue weighted by Gasteiger charge is -2.40. The lowest BCUT2D eigenvalue weighted by molar-refractivity contribution is -0.154. The summed E-state index contributed by atoms with van der Waals surface area (Å²) in [6.07, 6.45) is -4.77. The van der Waals surface area contributed by atoms with E-state index in [4.69, 9.17) is 4.74 Å². The van der Waals surface area contributed by atoms with Crippen LogP contribution in [0.4, 0.5) is 18.9 Å². The second kappa shape index (κ2) is 13.7. The molecule has 2 aliphatic heterocycles. The first-order valence-electron chi connectivity index (χ1n) is 14.7. The fraction of sp³-hybridized carbons (Fsp3) is 0.424. The molecule has 3 aromatic rings. The number of benzene rings is 3. The number of halogens is 3. The Morgan fingerprint density at radius 1 is 0.738 bits per heavy atom. The van der Waals surface area contributed by atoms with Crippen LogP contribution in [-0.4, -0.2) is 92.2 Å². The minimum Gasteiger partial charge on any atom is -0.451 e. The van der Waals surface area contributed by atoms with Crippen molar-refractivity contribution in [2.45, 2.75) is 25.2 Å². The van der Waals surface area contributed by atoms with Crippen molar-refractivity contribution >= 4 is 11.7 Å². The molecule has 42 heavy (non-hydrogen) atoms. The Bertz CT molecular complexity index is 1240. The van der Waals surface area contributed by atoms with Gasteiger partial charge >= 0.3 is 12.1 Å². The van der Waals surface area contributed by atoms with E-state index >= 15 is 0 Å². The number of hydrogen-bond acceptors (Lipinski definition) is 6. The van der Waals surface area contributed by atoms with E-state index < -0.39 is 17.8 Å². The highest BCUT2D eigenvalue weighted by Crippen LogP contribution is 2.32. The molecule has 0 aromatic heterocycles. The molecule has 0 amide bonds. The van der Waals surface area contributed by atoms with Crippen molar-refractivity contribution in [3.8, 4) is 0 Å². The van der Waals surface area contributed by atoms with Crippen LogP contribution >= 0.6 is 0 Å². The predicted octanol–water partition coefficient (Wildman–Crippen LogP) is 5.17. The molecule has 5 rings (SSSR count). The van der Waals surface area contributed by atoms with E-state index in [1.54, 1.807) is 6.07 Å². The number of carbonyl (C=O) groups is 1. The van der Waals surface area contributed by atoms with Crippen molar-refractivity contribution in [2.24, 2.45) is 0 Å². The zero-order valence-electron chi connectivity index (χ0n) is 24.0. The molecule has 6 nitrogen and oxygen atoms in total. The van der Waals surface area contributed by atoms with Gasteiger partial charge in [-0.2, -0.15) is 13.2 Å². The molecule has 0 radical (unpaired) electrons. The minimum absolute atomic E-state index is 0.222. The molecule has 2 heterocycles. The second-order valence-electron chi connectivity index (χ2n) is 11.1. The average Bonchev–Trinajstić information content (AvgIpc) is 3.03. The van der Waals surface area contributed by atoms with Gasteiger partial charge in [0.1, 0.15) is 6.04 Å². The third kappa shape index (κ3) is 7.70. The van der Waals surface area contributed by atoms with Gasteiger partial charge in [-0.15, -0.1) is 0 Å². The fourth-order valence-electron chi connectivity index (χ4n) is 5.71. The van der Waals surface area contributed by atoms with Crippen LogP contribution in [0.1, 0.15) is 29.7 Å². The monoisotopic (exact) mass is 580 g/mol. The van der Waals surface area contributed by atoms with Gasteiger partial charge in [0.15, 0.2) is 6.10 Å². The van der Waals surface area contributed by atoms with Crippen LogP contribution < -0.4 is 4.90 Å². The number of nitrogens with zero attached hydrogens (tertiary/aromatic N) is 4. The Morgan fingerprint density at radius 3 is 1.79 bits per heavy atom. The number of esters is 1. The summed E-state index contributed by atoms with van der Waals surface area (Å²) < 4.78 is 45.4. The van der Waals surface area contributed by atoms with Crippen LogP contribution in [0.2, 0.25) is 0 Å². The summed E-state index contributed by atoms with van der Waals surface area (Å²) in [6, 6.07) is 24.9.